The number of hydrogen-bond acceptors (Lipinski definition) is 2. The van der Waals surface area contributed by atoms with Gasteiger partial charge in [0.2, 0.25) is 0 Å². The van der Waals surface area contributed by atoms with Crippen molar-refractivity contribution in [3.8, 4) is 11.8 Å². The first-order chi connectivity index (χ1) is 5.74. The molecule has 12 heavy (non-hydrogen) atoms. The van der Waals surface area contributed by atoms with Gasteiger partial charge < -0.3 is 0 Å². The van der Waals surface area contributed by atoms with E-state index in [0.717, 1.165) is 5.56 Å². The Bertz CT molecular complexity index is 381. The molecule has 0 aromatic carbocycles. The van der Waals surface area contributed by atoms with E-state index in [0.29, 0.717) is 6.54 Å². The van der Waals surface area contributed by atoms with E-state index in [1.54, 1.807) is 19.2 Å². The normalized spacial score (nSPS) is 8.83. The Hall–Kier alpha value is -1.56. The van der Waals surface area contributed by atoms with Gasteiger partial charge in [-0.05, 0) is 19.4 Å². The maximum atomic E-state index is 11.2. The highest BCUT2D eigenvalue weighted by Gasteiger charge is 1.93. The number of aromatic nitrogens is 2. The first kappa shape index (κ1) is 8.54. The lowest BCUT2D eigenvalue weighted by Gasteiger charge is -1.97. The maximum Gasteiger partial charge on any atom is 0.267 e. The largest absolute Gasteiger partial charge is 0.268 e. The molecule has 0 bridgehead atoms. The van der Waals surface area contributed by atoms with Gasteiger partial charge in [0.25, 0.3) is 5.56 Å². The van der Waals surface area contributed by atoms with Crippen LogP contribution >= 0.6 is 0 Å². The molecule has 1 aromatic rings. The number of rotatable bonds is 1. The summed E-state index contributed by atoms with van der Waals surface area (Å²) < 4.78 is 1.34. The van der Waals surface area contributed by atoms with Crippen LogP contribution in [0.3, 0.4) is 0 Å². The topological polar surface area (TPSA) is 34.9 Å². The van der Waals surface area contributed by atoms with Crippen LogP contribution < -0.4 is 5.56 Å². The zero-order chi connectivity index (χ0) is 8.97. The highest BCUT2D eigenvalue weighted by Crippen LogP contribution is 1.85. The minimum Gasteiger partial charge on any atom is -0.268 e. The molecular weight excluding hydrogens is 152 g/mol. The van der Waals surface area contributed by atoms with Crippen LogP contribution in [0, 0.1) is 18.8 Å². The van der Waals surface area contributed by atoms with Gasteiger partial charge >= 0.3 is 0 Å². The van der Waals surface area contributed by atoms with Crippen LogP contribution in [-0.2, 0) is 6.54 Å². The molecule has 0 radical (unpaired) electrons. The molecule has 1 rings (SSSR count). The van der Waals surface area contributed by atoms with Gasteiger partial charge in [-0.3, -0.25) is 4.79 Å². The van der Waals surface area contributed by atoms with Crippen LogP contribution in [0.4, 0.5) is 0 Å². The second kappa shape index (κ2) is 3.72. The lowest BCUT2D eigenvalue weighted by atomic mass is 10.3. The Morgan fingerprint density at radius 1 is 1.67 bits per heavy atom. The molecule has 0 fully saturated rings. The molecule has 0 spiro atoms. The SMILES string of the molecule is CC#CCn1ncc(C)cc1=O. The van der Waals surface area contributed by atoms with Crippen LogP contribution in [0.2, 0.25) is 0 Å². The Morgan fingerprint density at radius 2 is 2.42 bits per heavy atom. The van der Waals surface area contributed by atoms with Gasteiger partial charge in [0.05, 0.1) is 6.20 Å². The van der Waals surface area contributed by atoms with Gasteiger partial charge in [0.15, 0.2) is 0 Å². The second-order valence-corrected chi connectivity index (χ2v) is 2.46. The van der Waals surface area contributed by atoms with Gasteiger partial charge in [-0.15, -0.1) is 5.92 Å². The quantitative estimate of drug-likeness (QED) is 0.566. The van der Waals surface area contributed by atoms with E-state index in [2.05, 4.69) is 16.9 Å². The summed E-state index contributed by atoms with van der Waals surface area (Å²) in [5, 5.41) is 3.92. The predicted octanol–water partition coefficient (Wildman–Crippen LogP) is 0.575. The van der Waals surface area contributed by atoms with Crippen LogP contribution in [0.15, 0.2) is 17.1 Å². The average molecular weight is 162 g/mol. The number of aryl methyl sites for hydroxylation is 1. The van der Waals surface area contributed by atoms with Gasteiger partial charge in [-0.1, -0.05) is 5.92 Å². The molecule has 1 heterocycles. The predicted molar refractivity (Wildman–Crippen MR) is 46.7 cm³/mol. The van der Waals surface area contributed by atoms with E-state index in [9.17, 15) is 4.79 Å². The molecule has 0 unspecified atom stereocenters. The van der Waals surface area contributed by atoms with E-state index in [4.69, 9.17) is 0 Å². The summed E-state index contributed by atoms with van der Waals surface area (Å²) in [5.41, 5.74) is 0.776. The molecule has 0 aliphatic carbocycles. The fourth-order valence-corrected chi connectivity index (χ4v) is 0.797. The third-order valence-electron chi connectivity index (χ3n) is 1.41. The molecule has 1 aromatic heterocycles. The van der Waals surface area contributed by atoms with Crippen LogP contribution in [0.5, 0.6) is 0 Å². The van der Waals surface area contributed by atoms with Gasteiger partial charge in [-0.25, -0.2) is 4.68 Å². The van der Waals surface area contributed by atoms with Crippen molar-refractivity contribution in [1.29, 1.82) is 0 Å². The fourth-order valence-electron chi connectivity index (χ4n) is 0.797. The Morgan fingerprint density at radius 3 is 3.00 bits per heavy atom. The molecule has 0 aliphatic heterocycles. The van der Waals surface area contributed by atoms with E-state index in [1.165, 1.54) is 4.68 Å². The molecule has 0 N–H and O–H groups in total. The first-order valence-corrected chi connectivity index (χ1v) is 3.67. The van der Waals surface area contributed by atoms with E-state index >= 15 is 0 Å². The van der Waals surface area contributed by atoms with Gasteiger partial charge in [0, 0.05) is 6.07 Å². The summed E-state index contributed by atoms with van der Waals surface area (Å²) in [6, 6.07) is 1.55. The molecule has 62 valence electrons. The lowest BCUT2D eigenvalue weighted by molar-refractivity contribution is 0.659. The van der Waals surface area contributed by atoms with Crippen LogP contribution in [0.1, 0.15) is 12.5 Å². The fraction of sp³-hybridized carbons (Fsp3) is 0.333. The smallest absolute Gasteiger partial charge is 0.267 e. The summed E-state index contributed by atoms with van der Waals surface area (Å²) in [7, 11) is 0. The molecular formula is C9H10N2O. The monoisotopic (exact) mass is 162 g/mol. The van der Waals surface area contributed by atoms with Crippen molar-refractivity contribution < 1.29 is 0 Å². The van der Waals surface area contributed by atoms with E-state index in [1.807, 2.05) is 6.92 Å². The highest BCUT2D eigenvalue weighted by molar-refractivity contribution is 5.04. The molecule has 0 aliphatic rings. The highest BCUT2D eigenvalue weighted by atomic mass is 16.1. The number of nitrogens with zero attached hydrogens (tertiary/aromatic N) is 2. The van der Waals surface area contributed by atoms with Crippen molar-refractivity contribution in [1.82, 2.24) is 9.78 Å². The minimum absolute atomic E-state index is 0.0993. The van der Waals surface area contributed by atoms with Crippen molar-refractivity contribution in [2.45, 2.75) is 20.4 Å². The van der Waals surface area contributed by atoms with E-state index in [-0.39, 0.29) is 5.56 Å². The Balaban J connectivity index is 2.99. The molecule has 0 amide bonds. The Labute approximate surface area is 71.0 Å². The summed E-state index contributed by atoms with van der Waals surface area (Å²) in [6.07, 6.45) is 1.65. The first-order valence-electron chi connectivity index (χ1n) is 3.67. The van der Waals surface area contributed by atoms with Crippen molar-refractivity contribution in [2.75, 3.05) is 0 Å². The van der Waals surface area contributed by atoms with Crippen molar-refractivity contribution >= 4 is 0 Å². The minimum atomic E-state index is -0.0993. The molecule has 3 heteroatoms. The Kier molecular flexibility index (Phi) is 2.65. The summed E-state index contributed by atoms with van der Waals surface area (Å²) >= 11 is 0. The summed E-state index contributed by atoms with van der Waals surface area (Å²) in [6.45, 7) is 3.94. The third-order valence-corrected chi connectivity index (χ3v) is 1.41. The summed E-state index contributed by atoms with van der Waals surface area (Å²) in [4.78, 5) is 11.2. The second-order valence-electron chi connectivity index (χ2n) is 2.46. The van der Waals surface area contributed by atoms with Gasteiger partial charge in [0.1, 0.15) is 6.54 Å². The molecule has 0 saturated heterocycles. The van der Waals surface area contributed by atoms with Gasteiger partial charge in [-0.2, -0.15) is 5.10 Å². The standard InChI is InChI=1S/C9H10N2O/c1-3-4-5-11-9(12)6-8(2)7-10-11/h6-7H,5H2,1-2H3. The van der Waals surface area contributed by atoms with Crippen molar-refractivity contribution in [3.05, 3.63) is 28.2 Å². The van der Waals surface area contributed by atoms with Crippen LogP contribution in [-0.4, -0.2) is 9.78 Å². The third kappa shape index (κ3) is 1.96. The number of hydrogen-bond donors (Lipinski definition) is 0. The molecule has 0 saturated carbocycles. The molecule has 0 atom stereocenters. The zero-order valence-electron chi connectivity index (χ0n) is 7.16. The van der Waals surface area contributed by atoms with Crippen LogP contribution in [0.25, 0.3) is 0 Å². The molecule has 3 nitrogen and oxygen atoms in total. The summed E-state index contributed by atoms with van der Waals surface area (Å²) in [5.74, 6) is 5.48. The maximum absolute atomic E-state index is 11.2. The van der Waals surface area contributed by atoms with E-state index < -0.39 is 0 Å². The average Bonchev–Trinajstić information content (AvgIpc) is 2.03. The van der Waals surface area contributed by atoms with Crippen molar-refractivity contribution in [2.24, 2.45) is 0 Å². The zero-order valence-corrected chi connectivity index (χ0v) is 7.16. The van der Waals surface area contributed by atoms with Crippen molar-refractivity contribution in [3.63, 3.8) is 0 Å². The lowest BCUT2D eigenvalue weighted by Crippen LogP contribution is -2.21.